The number of benzene rings is 2. The zero-order valence-corrected chi connectivity index (χ0v) is 14.8. The molecule has 3 aromatic rings. The van der Waals surface area contributed by atoms with Gasteiger partial charge in [-0.1, -0.05) is 23.7 Å². The van der Waals surface area contributed by atoms with Gasteiger partial charge >= 0.3 is 0 Å². The number of amides is 2. The smallest absolute Gasteiger partial charge is 0.276 e. The minimum atomic E-state index is -0.367. The second-order valence-electron chi connectivity index (χ2n) is 6.07. The van der Waals surface area contributed by atoms with Crippen molar-refractivity contribution in [3.8, 4) is 16.9 Å². The quantitative estimate of drug-likeness (QED) is 0.755. The average Bonchev–Trinajstić information content (AvgIpc) is 3.28. The first-order valence-electron chi connectivity index (χ1n) is 8.19. The minimum Gasteiger partial charge on any atom is -0.337 e. The van der Waals surface area contributed by atoms with Gasteiger partial charge in [-0.15, -0.1) is 0 Å². The number of carbonyl (C=O) groups is 2. The summed E-state index contributed by atoms with van der Waals surface area (Å²) in [7, 11) is 0. The standard InChI is InChI=1S/C19H14ClFN4O2/c20-13-3-1-2-12(8-13)17-9-16(19(27)24-10-18(26)22-11-24)23-25(17)15-6-4-14(21)5-7-15/h1-9H,10-11H2,(H,22,26). The molecule has 0 atom stereocenters. The highest BCUT2D eigenvalue weighted by atomic mass is 35.5. The maximum atomic E-state index is 13.3. The molecule has 6 nitrogen and oxygen atoms in total. The molecule has 2 aromatic carbocycles. The van der Waals surface area contributed by atoms with Crippen LogP contribution in [0.4, 0.5) is 4.39 Å². The van der Waals surface area contributed by atoms with Crippen LogP contribution in [0, 0.1) is 5.82 Å². The number of nitrogens with zero attached hydrogens (tertiary/aromatic N) is 3. The molecule has 0 bridgehead atoms. The van der Waals surface area contributed by atoms with Crippen LogP contribution in [-0.4, -0.2) is 39.7 Å². The number of carbonyl (C=O) groups excluding carboxylic acids is 2. The van der Waals surface area contributed by atoms with Crippen molar-refractivity contribution in [2.75, 3.05) is 13.2 Å². The highest BCUT2D eigenvalue weighted by Crippen LogP contribution is 2.27. The second-order valence-corrected chi connectivity index (χ2v) is 6.51. The van der Waals surface area contributed by atoms with Crippen molar-refractivity contribution in [2.45, 2.75) is 0 Å². The van der Waals surface area contributed by atoms with Crippen LogP contribution in [0.5, 0.6) is 0 Å². The number of aromatic nitrogens is 2. The third-order valence-electron chi connectivity index (χ3n) is 4.21. The lowest BCUT2D eigenvalue weighted by Gasteiger charge is -2.10. The van der Waals surface area contributed by atoms with Gasteiger partial charge in [-0.2, -0.15) is 5.10 Å². The summed E-state index contributed by atoms with van der Waals surface area (Å²) in [5.74, 6) is -0.943. The van der Waals surface area contributed by atoms with Crippen molar-refractivity contribution in [1.29, 1.82) is 0 Å². The van der Waals surface area contributed by atoms with Crippen molar-refractivity contribution < 1.29 is 14.0 Å². The summed E-state index contributed by atoms with van der Waals surface area (Å²) < 4.78 is 14.9. The molecule has 136 valence electrons. The van der Waals surface area contributed by atoms with Crippen LogP contribution in [-0.2, 0) is 4.79 Å². The Balaban J connectivity index is 1.80. The molecule has 2 heterocycles. The highest BCUT2D eigenvalue weighted by Gasteiger charge is 2.27. The maximum absolute atomic E-state index is 13.3. The molecule has 1 fully saturated rings. The Morgan fingerprint density at radius 2 is 1.93 bits per heavy atom. The molecule has 0 aliphatic carbocycles. The van der Waals surface area contributed by atoms with E-state index >= 15 is 0 Å². The van der Waals surface area contributed by atoms with Gasteiger partial charge < -0.3 is 10.2 Å². The van der Waals surface area contributed by atoms with Crippen LogP contribution >= 0.6 is 11.6 Å². The van der Waals surface area contributed by atoms with E-state index in [1.54, 1.807) is 41.1 Å². The Bertz CT molecular complexity index is 1030. The fourth-order valence-electron chi connectivity index (χ4n) is 2.89. The molecule has 0 saturated carbocycles. The minimum absolute atomic E-state index is 0.00522. The van der Waals surface area contributed by atoms with Crippen molar-refractivity contribution in [3.05, 3.63) is 71.1 Å². The van der Waals surface area contributed by atoms with E-state index < -0.39 is 0 Å². The zero-order chi connectivity index (χ0) is 19.0. The first kappa shape index (κ1) is 17.2. The van der Waals surface area contributed by atoms with E-state index in [2.05, 4.69) is 10.4 Å². The lowest BCUT2D eigenvalue weighted by atomic mass is 10.1. The molecule has 4 rings (SSSR count). The fraction of sp³-hybridized carbons (Fsp3) is 0.105. The summed E-state index contributed by atoms with van der Waals surface area (Å²) >= 11 is 6.10. The lowest BCUT2D eigenvalue weighted by Crippen LogP contribution is -2.30. The van der Waals surface area contributed by atoms with Gasteiger partial charge in [-0.25, -0.2) is 9.07 Å². The first-order valence-corrected chi connectivity index (χ1v) is 8.57. The molecular formula is C19H14ClFN4O2. The Labute approximate surface area is 159 Å². The van der Waals surface area contributed by atoms with Gasteiger partial charge in [0.15, 0.2) is 5.69 Å². The topological polar surface area (TPSA) is 67.2 Å². The summed E-state index contributed by atoms with van der Waals surface area (Å²) in [5.41, 5.74) is 2.17. The molecule has 2 amide bonds. The molecule has 1 aliphatic heterocycles. The van der Waals surface area contributed by atoms with E-state index in [4.69, 9.17) is 11.6 Å². The molecule has 0 spiro atoms. The summed E-state index contributed by atoms with van der Waals surface area (Å²) in [6, 6.07) is 14.6. The molecule has 0 unspecified atom stereocenters. The highest BCUT2D eigenvalue weighted by molar-refractivity contribution is 6.30. The van der Waals surface area contributed by atoms with Crippen LogP contribution in [0.15, 0.2) is 54.6 Å². The van der Waals surface area contributed by atoms with Crippen molar-refractivity contribution in [3.63, 3.8) is 0 Å². The largest absolute Gasteiger partial charge is 0.337 e. The number of hydrogen-bond acceptors (Lipinski definition) is 3. The first-order chi connectivity index (χ1) is 13.0. The molecule has 1 aromatic heterocycles. The monoisotopic (exact) mass is 384 g/mol. The van der Waals surface area contributed by atoms with E-state index in [1.165, 1.54) is 17.0 Å². The molecule has 1 aliphatic rings. The van der Waals surface area contributed by atoms with Crippen LogP contribution in [0.2, 0.25) is 5.02 Å². The van der Waals surface area contributed by atoms with Gasteiger partial charge in [0.05, 0.1) is 18.1 Å². The van der Waals surface area contributed by atoms with Crippen LogP contribution in [0.1, 0.15) is 10.5 Å². The zero-order valence-electron chi connectivity index (χ0n) is 14.0. The van der Waals surface area contributed by atoms with Crippen LogP contribution in [0.25, 0.3) is 16.9 Å². The second kappa shape index (κ2) is 6.85. The van der Waals surface area contributed by atoms with Crippen molar-refractivity contribution >= 4 is 23.4 Å². The van der Waals surface area contributed by atoms with Crippen molar-refractivity contribution in [1.82, 2.24) is 20.0 Å². The third-order valence-corrected chi connectivity index (χ3v) is 4.44. The molecule has 27 heavy (non-hydrogen) atoms. The van der Waals surface area contributed by atoms with Crippen molar-refractivity contribution in [2.24, 2.45) is 0 Å². The number of rotatable bonds is 3. The Kier molecular flexibility index (Phi) is 4.37. The fourth-order valence-corrected chi connectivity index (χ4v) is 3.08. The van der Waals surface area contributed by atoms with E-state index in [-0.39, 0.29) is 36.5 Å². The van der Waals surface area contributed by atoms with E-state index in [9.17, 15) is 14.0 Å². The predicted molar refractivity (Wildman–Crippen MR) is 98.0 cm³/mol. The third kappa shape index (κ3) is 3.41. The van der Waals surface area contributed by atoms with Gasteiger partial charge in [-0.3, -0.25) is 9.59 Å². The number of nitrogens with one attached hydrogen (secondary N) is 1. The Morgan fingerprint density at radius 1 is 1.15 bits per heavy atom. The molecule has 1 saturated heterocycles. The number of hydrogen-bond donors (Lipinski definition) is 1. The van der Waals surface area contributed by atoms with Gasteiger partial charge in [0.1, 0.15) is 12.4 Å². The molecule has 1 N–H and O–H groups in total. The van der Waals surface area contributed by atoms with Gasteiger partial charge in [-0.05, 0) is 42.5 Å². The molecule has 0 radical (unpaired) electrons. The number of halogens is 2. The summed E-state index contributed by atoms with van der Waals surface area (Å²) in [5, 5.41) is 7.54. The summed E-state index contributed by atoms with van der Waals surface area (Å²) in [6.45, 7) is 0.141. The maximum Gasteiger partial charge on any atom is 0.276 e. The Morgan fingerprint density at radius 3 is 2.59 bits per heavy atom. The summed E-state index contributed by atoms with van der Waals surface area (Å²) in [4.78, 5) is 25.5. The van der Waals surface area contributed by atoms with Gasteiger partial charge in [0.25, 0.3) is 5.91 Å². The van der Waals surface area contributed by atoms with Crippen LogP contribution in [0.3, 0.4) is 0 Å². The average molecular weight is 385 g/mol. The molecular weight excluding hydrogens is 371 g/mol. The normalized spacial score (nSPS) is 13.7. The lowest BCUT2D eigenvalue weighted by molar-refractivity contribution is -0.118. The van der Waals surface area contributed by atoms with E-state index in [0.717, 1.165) is 5.56 Å². The molecule has 8 heteroatoms. The predicted octanol–water partition coefficient (Wildman–Crippen LogP) is 2.86. The summed E-state index contributed by atoms with van der Waals surface area (Å²) in [6.07, 6.45) is 0. The van der Waals surface area contributed by atoms with Gasteiger partial charge in [0, 0.05) is 10.6 Å². The van der Waals surface area contributed by atoms with E-state index in [0.29, 0.717) is 16.4 Å². The van der Waals surface area contributed by atoms with Crippen LogP contribution < -0.4 is 5.32 Å². The SMILES string of the molecule is O=C1CN(C(=O)c2cc(-c3cccc(Cl)c3)n(-c3ccc(F)cc3)n2)CN1. The van der Waals surface area contributed by atoms with Gasteiger partial charge in [0.2, 0.25) is 5.91 Å². The van der Waals surface area contributed by atoms with E-state index in [1.807, 2.05) is 6.07 Å². The Hall–Kier alpha value is -3.19.